The lowest BCUT2D eigenvalue weighted by molar-refractivity contribution is 0.320. The highest BCUT2D eigenvalue weighted by atomic mass is 32.2. The van der Waals surface area contributed by atoms with Crippen molar-refractivity contribution in [3.05, 3.63) is 0 Å². The van der Waals surface area contributed by atoms with E-state index in [4.69, 9.17) is 5.73 Å². The fourth-order valence-electron chi connectivity index (χ4n) is 1.34. The summed E-state index contributed by atoms with van der Waals surface area (Å²) in [6.45, 7) is 2.86. The maximum absolute atomic E-state index is 11.3. The summed E-state index contributed by atoms with van der Waals surface area (Å²) >= 11 is 0. The van der Waals surface area contributed by atoms with Gasteiger partial charge in [-0.05, 0) is 19.8 Å². The van der Waals surface area contributed by atoms with E-state index in [0.29, 0.717) is 13.1 Å². The largest absolute Gasteiger partial charge is 0.328 e. The monoisotopic (exact) mass is 192 g/mol. The summed E-state index contributed by atoms with van der Waals surface area (Å²) in [5, 5.41) is 0. The number of hydrogen-bond donors (Lipinski definition) is 1. The first kappa shape index (κ1) is 9.95. The third-order valence-corrected chi connectivity index (χ3v) is 4.14. The molecular weight excluding hydrogens is 176 g/mol. The van der Waals surface area contributed by atoms with E-state index in [1.54, 1.807) is 6.92 Å². The molecule has 0 bridgehead atoms. The van der Waals surface area contributed by atoms with Gasteiger partial charge in [0, 0.05) is 19.1 Å². The summed E-state index contributed by atoms with van der Waals surface area (Å²) < 4.78 is 24.2. The van der Waals surface area contributed by atoms with Crippen LogP contribution in [0.15, 0.2) is 0 Å². The summed E-state index contributed by atoms with van der Waals surface area (Å²) in [5.41, 5.74) is 5.66. The molecule has 0 aromatic carbocycles. The zero-order valence-corrected chi connectivity index (χ0v) is 8.18. The Balaban J connectivity index is 2.56. The van der Waals surface area contributed by atoms with Gasteiger partial charge in [0.25, 0.3) is 0 Å². The van der Waals surface area contributed by atoms with Gasteiger partial charge < -0.3 is 5.73 Å². The Labute approximate surface area is 73.8 Å². The number of nitrogens with zero attached hydrogens (tertiary/aromatic N) is 1. The van der Waals surface area contributed by atoms with Crippen molar-refractivity contribution >= 4 is 10.0 Å². The van der Waals surface area contributed by atoms with Gasteiger partial charge in [-0.3, -0.25) is 0 Å². The SMILES string of the molecule is CCS(=O)(=O)N1CCC(N)CC1. The predicted octanol–water partition coefficient (Wildman–Crippen LogP) is -0.241. The van der Waals surface area contributed by atoms with Crippen molar-refractivity contribution in [2.45, 2.75) is 25.8 Å². The van der Waals surface area contributed by atoms with Crippen molar-refractivity contribution in [3.63, 3.8) is 0 Å². The van der Waals surface area contributed by atoms with E-state index in [-0.39, 0.29) is 11.8 Å². The van der Waals surface area contributed by atoms with Crippen molar-refractivity contribution in [1.82, 2.24) is 4.31 Å². The first-order valence-corrected chi connectivity index (χ1v) is 5.90. The van der Waals surface area contributed by atoms with Crippen LogP contribution in [0.2, 0.25) is 0 Å². The van der Waals surface area contributed by atoms with Gasteiger partial charge in [-0.15, -0.1) is 0 Å². The second-order valence-corrected chi connectivity index (χ2v) is 5.39. The van der Waals surface area contributed by atoms with Crippen LogP contribution in [-0.4, -0.2) is 37.6 Å². The smallest absolute Gasteiger partial charge is 0.213 e. The zero-order chi connectivity index (χ0) is 9.19. The van der Waals surface area contributed by atoms with Crippen LogP contribution in [0.3, 0.4) is 0 Å². The van der Waals surface area contributed by atoms with Crippen LogP contribution in [-0.2, 0) is 10.0 Å². The number of piperidine rings is 1. The molecule has 0 aromatic rings. The Kier molecular flexibility index (Phi) is 3.09. The maximum Gasteiger partial charge on any atom is 0.213 e. The normalized spacial score (nSPS) is 22.8. The lowest BCUT2D eigenvalue weighted by Crippen LogP contribution is -2.43. The second kappa shape index (κ2) is 3.72. The van der Waals surface area contributed by atoms with Gasteiger partial charge in [0.05, 0.1) is 5.75 Å². The van der Waals surface area contributed by atoms with E-state index >= 15 is 0 Å². The van der Waals surface area contributed by atoms with Crippen molar-refractivity contribution < 1.29 is 8.42 Å². The summed E-state index contributed by atoms with van der Waals surface area (Å²) in [6, 6.07) is 0.188. The first-order valence-electron chi connectivity index (χ1n) is 4.29. The molecule has 1 fully saturated rings. The van der Waals surface area contributed by atoms with E-state index in [1.165, 1.54) is 4.31 Å². The molecule has 0 aromatic heterocycles. The Morgan fingerprint density at radius 1 is 1.42 bits per heavy atom. The van der Waals surface area contributed by atoms with Gasteiger partial charge in [-0.1, -0.05) is 0 Å². The molecule has 72 valence electrons. The van der Waals surface area contributed by atoms with Crippen LogP contribution in [0, 0.1) is 0 Å². The molecule has 2 N–H and O–H groups in total. The third-order valence-electron chi connectivity index (χ3n) is 2.26. The topological polar surface area (TPSA) is 63.4 Å². The Morgan fingerprint density at radius 3 is 2.33 bits per heavy atom. The quantitative estimate of drug-likeness (QED) is 0.656. The highest BCUT2D eigenvalue weighted by Crippen LogP contribution is 2.12. The third kappa shape index (κ3) is 2.18. The maximum atomic E-state index is 11.3. The Hall–Kier alpha value is -0.130. The number of sulfonamides is 1. The van der Waals surface area contributed by atoms with Crippen LogP contribution in [0.25, 0.3) is 0 Å². The van der Waals surface area contributed by atoms with E-state index in [9.17, 15) is 8.42 Å². The highest BCUT2D eigenvalue weighted by Gasteiger charge is 2.24. The molecule has 1 aliphatic rings. The number of rotatable bonds is 2. The first-order chi connectivity index (χ1) is 5.56. The fraction of sp³-hybridized carbons (Fsp3) is 1.00. The van der Waals surface area contributed by atoms with Gasteiger partial charge in [0.15, 0.2) is 0 Å². The molecule has 0 aliphatic carbocycles. The van der Waals surface area contributed by atoms with Crippen LogP contribution in [0.5, 0.6) is 0 Å². The molecule has 4 nitrogen and oxygen atoms in total. The fourth-order valence-corrected chi connectivity index (χ4v) is 2.47. The Bertz CT molecular complexity index is 230. The van der Waals surface area contributed by atoms with Gasteiger partial charge in [-0.25, -0.2) is 12.7 Å². The molecule has 0 saturated carbocycles. The standard InChI is InChI=1S/C7H16N2O2S/c1-2-12(10,11)9-5-3-7(8)4-6-9/h7H,2-6,8H2,1H3. The van der Waals surface area contributed by atoms with Gasteiger partial charge in [0.1, 0.15) is 0 Å². The molecule has 0 radical (unpaired) electrons. The molecule has 0 unspecified atom stereocenters. The molecule has 0 atom stereocenters. The minimum atomic E-state index is -2.97. The summed E-state index contributed by atoms with van der Waals surface area (Å²) in [5.74, 6) is 0.197. The molecule has 1 heterocycles. The number of nitrogens with two attached hydrogens (primary N) is 1. The molecule has 12 heavy (non-hydrogen) atoms. The van der Waals surface area contributed by atoms with Crippen LogP contribution in [0.4, 0.5) is 0 Å². The molecule has 0 spiro atoms. The lowest BCUT2D eigenvalue weighted by atomic mass is 10.1. The summed E-state index contributed by atoms with van der Waals surface area (Å²) in [6.07, 6.45) is 1.58. The van der Waals surface area contributed by atoms with Crippen molar-refractivity contribution in [3.8, 4) is 0 Å². The average Bonchev–Trinajstić information content (AvgIpc) is 2.05. The zero-order valence-electron chi connectivity index (χ0n) is 7.36. The van der Waals surface area contributed by atoms with Crippen LogP contribution < -0.4 is 5.73 Å². The summed E-state index contributed by atoms with van der Waals surface area (Å²) in [7, 11) is -2.97. The second-order valence-electron chi connectivity index (χ2n) is 3.14. The van der Waals surface area contributed by atoms with E-state index in [2.05, 4.69) is 0 Å². The molecule has 1 aliphatic heterocycles. The minimum Gasteiger partial charge on any atom is -0.328 e. The molecule has 1 saturated heterocycles. The molecule has 1 rings (SSSR count). The van der Waals surface area contributed by atoms with Crippen molar-refractivity contribution in [1.29, 1.82) is 0 Å². The van der Waals surface area contributed by atoms with Gasteiger partial charge in [-0.2, -0.15) is 0 Å². The van der Waals surface area contributed by atoms with Gasteiger partial charge in [0.2, 0.25) is 10.0 Å². The molecule has 5 heteroatoms. The van der Waals surface area contributed by atoms with Crippen molar-refractivity contribution in [2.75, 3.05) is 18.8 Å². The highest BCUT2D eigenvalue weighted by molar-refractivity contribution is 7.89. The van der Waals surface area contributed by atoms with E-state index in [1.807, 2.05) is 0 Å². The van der Waals surface area contributed by atoms with E-state index < -0.39 is 10.0 Å². The predicted molar refractivity (Wildman–Crippen MR) is 48.2 cm³/mol. The van der Waals surface area contributed by atoms with Crippen molar-refractivity contribution in [2.24, 2.45) is 5.73 Å². The average molecular weight is 192 g/mol. The van der Waals surface area contributed by atoms with E-state index in [0.717, 1.165) is 12.8 Å². The van der Waals surface area contributed by atoms with Crippen LogP contribution in [0.1, 0.15) is 19.8 Å². The Morgan fingerprint density at radius 2 is 1.92 bits per heavy atom. The van der Waals surface area contributed by atoms with Crippen LogP contribution >= 0.6 is 0 Å². The molecular formula is C7H16N2O2S. The lowest BCUT2D eigenvalue weighted by Gasteiger charge is -2.28. The minimum absolute atomic E-state index is 0.188. The molecule has 0 amide bonds. The van der Waals surface area contributed by atoms with Gasteiger partial charge >= 0.3 is 0 Å². The number of hydrogen-bond acceptors (Lipinski definition) is 3. The summed E-state index contributed by atoms with van der Waals surface area (Å²) in [4.78, 5) is 0.